The van der Waals surface area contributed by atoms with Gasteiger partial charge in [-0.25, -0.2) is 11.3 Å². The Morgan fingerprint density at radius 3 is 2.11 bits per heavy atom. The Morgan fingerprint density at radius 1 is 0.758 bits per heavy atom. The van der Waals surface area contributed by atoms with Gasteiger partial charge in [0.2, 0.25) is 0 Å². The fraction of sp³-hybridized carbons (Fsp3) is 0.268. The number of pyridine rings is 1. The summed E-state index contributed by atoms with van der Waals surface area (Å²) in [5.74, 6) is 0.517. The van der Waals surface area contributed by atoms with Crippen molar-refractivity contribution in [2.45, 2.75) is 92.4 Å². The number of rotatable bonds is 9. The molecule has 1 atom stereocenters. The maximum atomic E-state index is 8.59. The van der Waals surface area contributed by atoms with Crippen LogP contribution in [0.2, 0.25) is 19.6 Å². The van der Waals surface area contributed by atoms with Gasteiger partial charge in [0.15, 0.2) is 0 Å². The van der Waals surface area contributed by atoms with Gasteiger partial charge < -0.3 is 15.2 Å². The molecule has 0 bridgehead atoms. The largest absolute Gasteiger partial charge is 3.00 e. The van der Waals surface area contributed by atoms with Gasteiger partial charge in [0, 0.05) is 29.1 Å². The number of thiophene rings is 1. The van der Waals surface area contributed by atoms with Crippen LogP contribution in [0.4, 0.5) is 17.1 Å². The fourth-order valence-corrected chi connectivity index (χ4v) is 10.7. The molecular weight excluding hydrogens is 967 g/mol. The average molecular weight is 1030 g/mol. The van der Waals surface area contributed by atoms with Crippen molar-refractivity contribution in [1.82, 2.24) is 4.98 Å². The van der Waals surface area contributed by atoms with Crippen molar-refractivity contribution >= 4 is 61.8 Å². The predicted octanol–water partition coefficient (Wildman–Crippen LogP) is 16.2. The number of hydrogen-bond acceptors (Lipinski definition) is 3. The van der Waals surface area contributed by atoms with E-state index in [0.717, 1.165) is 22.1 Å². The summed E-state index contributed by atoms with van der Waals surface area (Å²) in [4.78, 5) is 7.02. The first-order chi connectivity index (χ1) is 31.2. The van der Waals surface area contributed by atoms with Gasteiger partial charge in [-0.3, -0.25) is 0 Å². The number of nitrogens with zero attached hydrogens (tertiary/aromatic N) is 3. The van der Waals surface area contributed by atoms with Crippen LogP contribution in [0.3, 0.4) is 0 Å². The summed E-state index contributed by atoms with van der Waals surface area (Å²) in [5.41, 5.74) is 12.0. The molecule has 8 aromatic rings. The molecule has 9 rings (SSSR count). The zero-order chi connectivity index (χ0) is 47.3. The van der Waals surface area contributed by atoms with E-state index in [1.807, 2.05) is 31.3 Å². The third-order valence-electron chi connectivity index (χ3n) is 11.3. The van der Waals surface area contributed by atoms with Crippen LogP contribution >= 0.6 is 11.3 Å². The van der Waals surface area contributed by atoms with Gasteiger partial charge in [-0.2, -0.15) is 23.8 Å². The Balaban J connectivity index is 0.000000216. The molecule has 0 spiro atoms. The molecule has 0 fully saturated rings. The molecule has 316 valence electrons. The van der Waals surface area contributed by atoms with Crippen LogP contribution in [0.1, 0.15) is 94.2 Å². The number of aryl methyl sites for hydroxylation is 1. The minimum absolute atomic E-state index is 0. The second-order valence-electron chi connectivity index (χ2n) is 18.0. The number of hydrogen-bond donors (Lipinski definition) is 0. The quantitative estimate of drug-likeness (QED) is 0.107. The topological polar surface area (TPSA) is 30.2 Å². The van der Waals surface area contributed by atoms with Crippen molar-refractivity contribution in [3.63, 3.8) is 0 Å². The first kappa shape index (κ1) is 38.8. The summed E-state index contributed by atoms with van der Waals surface area (Å²) < 4.78 is 42.2. The summed E-state index contributed by atoms with van der Waals surface area (Å²) in [6.07, 6.45) is 0.146. The van der Waals surface area contributed by atoms with Crippen LogP contribution in [0.25, 0.3) is 47.9 Å². The first-order valence-electron chi connectivity index (χ1n) is 23.9. The van der Waals surface area contributed by atoms with Crippen molar-refractivity contribution < 1.29 is 27.0 Å². The number of fused-ring (bicyclic) bond motifs is 4. The standard InChI is InChI=1S/C37H32N2S.C19H26NSi.Ir/c1-23(2)29-21-27(25-12-6-5-7-13-25)22-30(24(3)4)36(29)39-33-16-10-9-15-32(33)38-37(39)26-18-19-35-31(20-26)28-14-8-11-17-34(28)40-35;1-14(2)11-17-12-18(16-9-7-15(3)8-10-16)20-13-19(17)21(4,5)6;/h5-17,19-24,37H,1-4H3;7-9,12-14H,11H2,1-6H3;/q-2;-1;+3/i;3D3,11D2;. The molecule has 3 nitrogen and oxygen atoms in total. The molecule has 3 heterocycles. The third-order valence-corrected chi connectivity index (χ3v) is 14.4. The minimum Gasteiger partial charge on any atom is -0.661 e. The van der Waals surface area contributed by atoms with Gasteiger partial charge in [-0.15, -0.1) is 46.5 Å². The van der Waals surface area contributed by atoms with Gasteiger partial charge in [0.1, 0.15) is 0 Å². The summed E-state index contributed by atoms with van der Waals surface area (Å²) >= 11 is 1.83. The SMILES string of the molecule is CC(C)c1cc(-c2ccccc2)cc(C(C)C)c1N1c2ccccc2[N-]C1c1[c-]cc2sc3ccccc3c2c1.[2H]C([2H])([2H])c1c[c-]c(-c2cc(C([2H])([2H])C(C)C)c([Si](C)(C)C)cn2)cc1.[Ir+3]. The number of anilines is 2. The van der Waals surface area contributed by atoms with E-state index in [2.05, 4.69) is 172 Å². The molecule has 62 heavy (non-hydrogen) atoms. The smallest absolute Gasteiger partial charge is 0.661 e. The monoisotopic (exact) mass is 1030 g/mol. The molecule has 1 unspecified atom stereocenters. The summed E-state index contributed by atoms with van der Waals surface area (Å²) in [7, 11) is -1.78. The maximum Gasteiger partial charge on any atom is 3.00 e. The molecule has 0 amide bonds. The van der Waals surface area contributed by atoms with E-state index < -0.39 is 21.3 Å². The van der Waals surface area contributed by atoms with E-state index in [1.54, 1.807) is 18.3 Å². The molecule has 1 aliphatic rings. The van der Waals surface area contributed by atoms with Crippen LogP contribution in [0.5, 0.6) is 0 Å². The van der Waals surface area contributed by atoms with E-state index in [4.69, 9.17) is 12.2 Å². The van der Waals surface area contributed by atoms with E-state index in [0.29, 0.717) is 28.7 Å². The summed E-state index contributed by atoms with van der Waals surface area (Å²) in [6, 6.07) is 50.5. The Hall–Kier alpha value is -4.84. The van der Waals surface area contributed by atoms with Gasteiger partial charge in [-0.1, -0.05) is 151 Å². The van der Waals surface area contributed by atoms with Crippen LogP contribution in [0, 0.1) is 24.9 Å². The Labute approximate surface area is 396 Å². The van der Waals surface area contributed by atoms with E-state index in [-0.39, 0.29) is 37.8 Å². The van der Waals surface area contributed by atoms with E-state index >= 15 is 0 Å². The van der Waals surface area contributed by atoms with E-state index in [9.17, 15) is 0 Å². The molecule has 0 aliphatic carbocycles. The van der Waals surface area contributed by atoms with Gasteiger partial charge in [0.25, 0.3) is 0 Å². The van der Waals surface area contributed by atoms with Crippen molar-refractivity contribution in [2.24, 2.45) is 5.92 Å². The Morgan fingerprint density at radius 2 is 1.45 bits per heavy atom. The molecule has 0 saturated heterocycles. The Bertz CT molecular complexity index is 2980. The van der Waals surface area contributed by atoms with Crippen molar-refractivity contribution in [1.29, 1.82) is 0 Å². The Kier molecular flexibility index (Phi) is 11.8. The zero-order valence-corrected chi connectivity index (χ0v) is 41.3. The second kappa shape index (κ2) is 18.9. The minimum atomic E-state index is -2.16. The first-order valence-corrected chi connectivity index (χ1v) is 25.7. The second-order valence-corrected chi connectivity index (χ2v) is 24.1. The van der Waals surface area contributed by atoms with Crippen LogP contribution in [-0.2, 0) is 26.5 Å². The molecular formula is C56H58IrN3SSi. The van der Waals surface area contributed by atoms with Crippen LogP contribution in [-0.4, -0.2) is 13.1 Å². The van der Waals surface area contributed by atoms with Crippen molar-refractivity contribution in [3.8, 4) is 22.4 Å². The normalized spacial score (nSPS) is 15.3. The zero-order valence-electron chi connectivity index (χ0n) is 42.1. The molecule has 0 saturated carbocycles. The molecule has 1 aliphatic heterocycles. The van der Waals surface area contributed by atoms with Crippen molar-refractivity contribution in [3.05, 3.63) is 179 Å². The van der Waals surface area contributed by atoms with Gasteiger partial charge in [-0.05, 0) is 93.1 Å². The molecule has 2 aromatic heterocycles. The van der Waals surface area contributed by atoms with E-state index in [1.165, 1.54) is 54.2 Å². The van der Waals surface area contributed by atoms with Crippen LogP contribution in [0.15, 0.2) is 134 Å². The summed E-state index contributed by atoms with van der Waals surface area (Å²) in [5, 5.41) is 8.93. The van der Waals surface area contributed by atoms with Crippen molar-refractivity contribution in [2.75, 3.05) is 4.90 Å². The molecule has 0 radical (unpaired) electrons. The fourth-order valence-electron chi connectivity index (χ4n) is 8.24. The molecule has 0 N–H and O–H groups in total. The van der Waals surface area contributed by atoms with Gasteiger partial charge in [0.05, 0.1) is 8.07 Å². The molecule has 6 aromatic carbocycles. The number of benzene rings is 6. The van der Waals surface area contributed by atoms with Gasteiger partial charge >= 0.3 is 20.1 Å². The predicted molar refractivity (Wildman–Crippen MR) is 267 cm³/mol. The summed E-state index contributed by atoms with van der Waals surface area (Å²) in [6.45, 7) is 17.4. The number of para-hydroxylation sites is 2. The molecule has 6 heteroatoms. The van der Waals surface area contributed by atoms with Crippen LogP contribution < -0.4 is 10.1 Å². The maximum absolute atomic E-state index is 8.59. The number of aromatic nitrogens is 1. The third kappa shape index (κ3) is 9.40. The average Bonchev–Trinajstić information content (AvgIpc) is 3.86.